The van der Waals surface area contributed by atoms with Crippen molar-refractivity contribution in [1.29, 1.82) is 0 Å². The van der Waals surface area contributed by atoms with Crippen LogP contribution in [0, 0.1) is 23.7 Å². The van der Waals surface area contributed by atoms with Gasteiger partial charge in [0.1, 0.15) is 0 Å². The maximum Gasteiger partial charge on any atom is 0.311 e. The highest BCUT2D eigenvalue weighted by Gasteiger charge is 2.21. The first-order valence-corrected chi connectivity index (χ1v) is 21.5. The van der Waals surface area contributed by atoms with E-state index in [9.17, 15) is 19.2 Å². The van der Waals surface area contributed by atoms with E-state index < -0.39 is 0 Å². The Hall–Kier alpha value is -4.08. The summed E-state index contributed by atoms with van der Waals surface area (Å²) in [5.41, 5.74) is 0. The third-order valence-electron chi connectivity index (χ3n) is 8.73. The second-order valence-electron chi connectivity index (χ2n) is 16.3. The molecule has 0 aliphatic heterocycles. The normalized spacial score (nSPS) is 11.0. The molecule has 0 N–H and O–H groups in total. The molecule has 0 aromatic heterocycles. The molecule has 10 heteroatoms. The minimum atomic E-state index is -0.349. The van der Waals surface area contributed by atoms with Crippen molar-refractivity contribution in [2.24, 2.45) is 23.7 Å². The van der Waals surface area contributed by atoms with Gasteiger partial charge in [0.05, 0.1) is 13.2 Å². The van der Waals surface area contributed by atoms with Gasteiger partial charge in [0.15, 0.2) is 23.0 Å². The molecule has 2 rings (SSSR count). The van der Waals surface area contributed by atoms with Gasteiger partial charge < -0.3 is 28.4 Å². The van der Waals surface area contributed by atoms with Crippen molar-refractivity contribution in [3.63, 3.8) is 0 Å². The molecule has 0 aliphatic rings. The standard InChI is InChI=1S/C24H38O5.C23H36O5/c1-6-7-8-9-17-27-20-11-10-12-21(28-22(25)15-13-18(2)3)24(20)29-23(26)16-14-19(4)5;1-6-7-8-16-26-19-10-9-11-20(27-21(24)14-12-17(2)3)23(19)28-22(25)15-13-18(4)5/h10-12,18-19H,6-9,13-17H2,1-5H3;9-11,17-18H,6-8,12-16H2,1-5H3. The molecule has 10 nitrogen and oxygen atoms in total. The van der Waals surface area contributed by atoms with Crippen LogP contribution in [-0.2, 0) is 19.2 Å². The van der Waals surface area contributed by atoms with Crippen LogP contribution in [0.3, 0.4) is 0 Å². The van der Waals surface area contributed by atoms with Crippen molar-refractivity contribution in [2.45, 2.75) is 166 Å². The second kappa shape index (κ2) is 30.1. The van der Waals surface area contributed by atoms with Crippen molar-refractivity contribution >= 4 is 23.9 Å². The maximum atomic E-state index is 12.3. The Morgan fingerprint density at radius 1 is 0.421 bits per heavy atom. The fourth-order valence-electron chi connectivity index (χ4n) is 5.13. The quantitative estimate of drug-likeness (QED) is 0.0490. The lowest BCUT2D eigenvalue weighted by atomic mass is 10.1. The van der Waals surface area contributed by atoms with Crippen LogP contribution in [0.25, 0.3) is 0 Å². The third kappa shape index (κ3) is 24.3. The third-order valence-corrected chi connectivity index (χ3v) is 8.73. The molecule has 2 aromatic carbocycles. The molecule has 0 atom stereocenters. The predicted molar refractivity (Wildman–Crippen MR) is 226 cm³/mol. The van der Waals surface area contributed by atoms with E-state index in [1.165, 1.54) is 0 Å². The van der Waals surface area contributed by atoms with Crippen LogP contribution in [0.5, 0.6) is 34.5 Å². The van der Waals surface area contributed by atoms with Gasteiger partial charge in [-0.2, -0.15) is 0 Å². The van der Waals surface area contributed by atoms with E-state index >= 15 is 0 Å². The summed E-state index contributed by atoms with van der Waals surface area (Å²) >= 11 is 0. The van der Waals surface area contributed by atoms with Gasteiger partial charge in [-0.1, -0.05) is 113 Å². The SMILES string of the molecule is CCCCCCOc1cccc(OC(=O)CCC(C)C)c1OC(=O)CCC(C)C.CCCCCOc1cccc(OC(=O)CCC(C)C)c1OC(=O)CCC(C)C. The molecule has 0 radical (unpaired) electrons. The van der Waals surface area contributed by atoms with Gasteiger partial charge in [0.25, 0.3) is 0 Å². The van der Waals surface area contributed by atoms with Crippen LogP contribution >= 0.6 is 0 Å². The molecule has 0 saturated heterocycles. The molecule has 0 saturated carbocycles. The van der Waals surface area contributed by atoms with Gasteiger partial charge in [-0.05, 0) is 86.5 Å². The first kappa shape index (κ1) is 50.9. The van der Waals surface area contributed by atoms with Gasteiger partial charge in [0.2, 0.25) is 11.5 Å². The molecular weight excluding hydrogens is 725 g/mol. The lowest BCUT2D eigenvalue weighted by Gasteiger charge is -2.16. The molecule has 0 aliphatic carbocycles. The summed E-state index contributed by atoms with van der Waals surface area (Å²) in [6, 6.07) is 10.3. The van der Waals surface area contributed by atoms with E-state index in [0.717, 1.165) is 70.6 Å². The Morgan fingerprint density at radius 2 is 0.719 bits per heavy atom. The van der Waals surface area contributed by atoms with E-state index in [4.69, 9.17) is 28.4 Å². The number of unbranched alkanes of at least 4 members (excludes halogenated alkanes) is 5. The fraction of sp³-hybridized carbons (Fsp3) is 0.660. The highest BCUT2D eigenvalue weighted by Crippen LogP contribution is 2.39. The molecule has 0 heterocycles. The predicted octanol–water partition coefficient (Wildman–Crippen LogP) is 12.3. The van der Waals surface area contributed by atoms with Gasteiger partial charge >= 0.3 is 23.9 Å². The van der Waals surface area contributed by atoms with E-state index in [2.05, 4.69) is 69.2 Å². The highest BCUT2D eigenvalue weighted by atomic mass is 16.6. The van der Waals surface area contributed by atoms with Gasteiger partial charge in [-0.3, -0.25) is 19.2 Å². The average Bonchev–Trinajstić information content (AvgIpc) is 3.15. The molecular formula is C47H74O10. The Balaban J connectivity index is 0.000000570. The van der Waals surface area contributed by atoms with Gasteiger partial charge in [-0.15, -0.1) is 0 Å². The number of para-hydroxylation sites is 2. The molecule has 0 fully saturated rings. The lowest BCUT2D eigenvalue weighted by molar-refractivity contribution is -0.137. The number of hydrogen-bond donors (Lipinski definition) is 0. The molecule has 2 aromatic rings. The lowest BCUT2D eigenvalue weighted by Crippen LogP contribution is -2.14. The Kier molecular flexibility index (Phi) is 26.9. The Bertz CT molecular complexity index is 1450. The van der Waals surface area contributed by atoms with Crippen LogP contribution in [0.4, 0.5) is 0 Å². The van der Waals surface area contributed by atoms with E-state index in [1.807, 2.05) is 0 Å². The molecule has 0 spiro atoms. The van der Waals surface area contributed by atoms with E-state index in [-0.39, 0.29) is 46.9 Å². The number of benzene rings is 2. The first-order chi connectivity index (χ1) is 27.2. The number of ether oxygens (including phenoxy) is 6. The summed E-state index contributed by atoms with van der Waals surface area (Å²) < 4.78 is 33.8. The summed E-state index contributed by atoms with van der Waals surface area (Å²) in [4.78, 5) is 49.0. The zero-order chi connectivity index (χ0) is 42.6. The number of carbonyl (C=O) groups is 4. The van der Waals surface area contributed by atoms with Crippen molar-refractivity contribution in [3.8, 4) is 34.5 Å². The fourth-order valence-corrected chi connectivity index (χ4v) is 5.13. The zero-order valence-electron chi connectivity index (χ0n) is 36.9. The van der Waals surface area contributed by atoms with Crippen LogP contribution in [0.15, 0.2) is 36.4 Å². The number of carbonyl (C=O) groups excluding carboxylic acids is 4. The number of hydrogen-bond acceptors (Lipinski definition) is 10. The van der Waals surface area contributed by atoms with Crippen molar-refractivity contribution in [1.82, 2.24) is 0 Å². The van der Waals surface area contributed by atoms with Crippen molar-refractivity contribution in [3.05, 3.63) is 36.4 Å². The molecule has 322 valence electrons. The first-order valence-electron chi connectivity index (χ1n) is 21.5. The Morgan fingerprint density at radius 3 is 1.05 bits per heavy atom. The summed E-state index contributed by atoms with van der Waals surface area (Å²) in [7, 11) is 0. The largest absolute Gasteiger partial charge is 0.490 e. The average molecular weight is 799 g/mol. The smallest absolute Gasteiger partial charge is 0.311 e. The number of rotatable bonds is 27. The van der Waals surface area contributed by atoms with E-state index in [1.54, 1.807) is 36.4 Å². The van der Waals surface area contributed by atoms with Crippen LogP contribution in [0.1, 0.15) is 166 Å². The van der Waals surface area contributed by atoms with Crippen LogP contribution in [0.2, 0.25) is 0 Å². The summed E-state index contributed by atoms with van der Waals surface area (Å²) in [6.45, 7) is 21.8. The minimum absolute atomic E-state index is 0.200. The molecule has 0 unspecified atom stereocenters. The zero-order valence-corrected chi connectivity index (χ0v) is 36.9. The minimum Gasteiger partial charge on any atom is -0.490 e. The van der Waals surface area contributed by atoms with Crippen LogP contribution < -0.4 is 28.4 Å². The monoisotopic (exact) mass is 799 g/mol. The van der Waals surface area contributed by atoms with Crippen molar-refractivity contribution < 1.29 is 47.6 Å². The van der Waals surface area contributed by atoms with Crippen LogP contribution in [-0.4, -0.2) is 37.1 Å². The molecule has 0 bridgehead atoms. The molecule has 0 amide bonds. The van der Waals surface area contributed by atoms with Gasteiger partial charge in [0, 0.05) is 25.7 Å². The van der Waals surface area contributed by atoms with E-state index in [0.29, 0.717) is 74.1 Å². The topological polar surface area (TPSA) is 124 Å². The maximum absolute atomic E-state index is 12.3. The molecule has 57 heavy (non-hydrogen) atoms. The highest BCUT2D eigenvalue weighted by molar-refractivity contribution is 5.78. The summed E-state index contributed by atoms with van der Waals surface area (Å²) in [5.74, 6) is 2.01. The second-order valence-corrected chi connectivity index (χ2v) is 16.3. The van der Waals surface area contributed by atoms with Gasteiger partial charge in [-0.25, -0.2) is 0 Å². The Labute approximate surface area is 344 Å². The summed E-state index contributed by atoms with van der Waals surface area (Å²) in [5, 5.41) is 0. The van der Waals surface area contributed by atoms with Crippen molar-refractivity contribution in [2.75, 3.05) is 13.2 Å². The summed E-state index contributed by atoms with van der Waals surface area (Å²) in [6.07, 6.45) is 11.6. The number of esters is 4.